The van der Waals surface area contributed by atoms with E-state index in [-0.39, 0.29) is 18.7 Å². The van der Waals surface area contributed by atoms with Crippen molar-refractivity contribution in [2.24, 2.45) is 0 Å². The van der Waals surface area contributed by atoms with Crippen molar-refractivity contribution in [3.8, 4) is 0 Å². The van der Waals surface area contributed by atoms with Crippen LogP contribution in [0.15, 0.2) is 18.2 Å². The number of hydrogen-bond donors (Lipinski definition) is 3. The fourth-order valence-corrected chi connectivity index (χ4v) is 1.81. The quantitative estimate of drug-likeness (QED) is 0.352. The lowest BCUT2D eigenvalue weighted by Gasteiger charge is -2.15. The molecule has 0 bridgehead atoms. The Morgan fingerprint density at radius 1 is 1.23 bits per heavy atom. The first-order valence-electron chi connectivity index (χ1n) is 6.40. The third-order valence-electron chi connectivity index (χ3n) is 2.92. The molecule has 1 atom stereocenters. The number of non-ortho nitro benzene ring substituents is 1. The number of aliphatic carboxylic acids is 1. The number of nitrogens with zero attached hydrogens (tertiary/aromatic N) is 2. The van der Waals surface area contributed by atoms with Crippen molar-refractivity contribution >= 4 is 23.0 Å². The lowest BCUT2D eigenvalue weighted by Crippen LogP contribution is -2.29. The van der Waals surface area contributed by atoms with E-state index in [1.807, 2.05) is 0 Å². The molecule has 10 nitrogen and oxygen atoms in total. The summed E-state index contributed by atoms with van der Waals surface area (Å²) in [6.45, 7) is -0.0793. The SMILES string of the molecule is O=C(O)[C@H](CCCCO)Nc1ccc([N+](=O)[O-])cc1[N+](=O)[O-]. The summed E-state index contributed by atoms with van der Waals surface area (Å²) in [5.74, 6) is -1.20. The van der Waals surface area contributed by atoms with Gasteiger partial charge in [-0.3, -0.25) is 20.2 Å². The number of aliphatic hydroxyl groups excluding tert-OH is 1. The Bertz CT molecular complexity index is 576. The molecule has 0 amide bonds. The molecule has 120 valence electrons. The van der Waals surface area contributed by atoms with Crippen molar-refractivity contribution in [1.29, 1.82) is 0 Å². The van der Waals surface area contributed by atoms with Crippen LogP contribution >= 0.6 is 0 Å². The van der Waals surface area contributed by atoms with Gasteiger partial charge in [0.15, 0.2) is 0 Å². The highest BCUT2D eigenvalue weighted by Crippen LogP contribution is 2.29. The van der Waals surface area contributed by atoms with E-state index in [1.54, 1.807) is 0 Å². The molecule has 0 saturated carbocycles. The number of carboxylic acids is 1. The van der Waals surface area contributed by atoms with Gasteiger partial charge in [-0.2, -0.15) is 0 Å². The summed E-state index contributed by atoms with van der Waals surface area (Å²) in [5.41, 5.74) is -1.13. The van der Waals surface area contributed by atoms with Crippen LogP contribution in [0.1, 0.15) is 19.3 Å². The van der Waals surface area contributed by atoms with E-state index in [2.05, 4.69) is 5.32 Å². The van der Waals surface area contributed by atoms with E-state index in [4.69, 9.17) is 10.2 Å². The number of benzene rings is 1. The Kier molecular flexibility index (Phi) is 6.20. The van der Waals surface area contributed by atoms with Gasteiger partial charge in [-0.15, -0.1) is 0 Å². The number of rotatable bonds is 9. The molecule has 0 unspecified atom stereocenters. The van der Waals surface area contributed by atoms with Gasteiger partial charge in [-0.25, -0.2) is 4.79 Å². The Labute approximate surface area is 124 Å². The van der Waals surface area contributed by atoms with Crippen molar-refractivity contribution in [3.63, 3.8) is 0 Å². The van der Waals surface area contributed by atoms with Crippen LogP contribution in [0.2, 0.25) is 0 Å². The number of nitro groups is 2. The molecule has 1 rings (SSSR count). The highest BCUT2D eigenvalue weighted by atomic mass is 16.6. The fraction of sp³-hybridized carbons (Fsp3) is 0.417. The maximum absolute atomic E-state index is 11.2. The standard InChI is InChI=1S/C12H15N3O7/c16-6-2-1-3-10(12(17)18)13-9-5-4-8(14(19)20)7-11(9)15(21)22/h4-5,7,10,13,16H,1-3,6H2,(H,17,18)/t10-/m0/s1. The summed E-state index contributed by atoms with van der Waals surface area (Å²) in [4.78, 5) is 31.2. The number of carbonyl (C=O) groups is 1. The highest BCUT2D eigenvalue weighted by molar-refractivity contribution is 5.79. The molecule has 3 N–H and O–H groups in total. The zero-order valence-electron chi connectivity index (χ0n) is 11.5. The Morgan fingerprint density at radius 2 is 1.91 bits per heavy atom. The molecule has 22 heavy (non-hydrogen) atoms. The predicted octanol–water partition coefficient (Wildman–Crippen LogP) is 1.53. The van der Waals surface area contributed by atoms with Crippen molar-refractivity contribution < 1.29 is 24.9 Å². The van der Waals surface area contributed by atoms with E-state index < -0.39 is 33.2 Å². The van der Waals surface area contributed by atoms with Gasteiger partial charge < -0.3 is 15.5 Å². The number of nitrogens with one attached hydrogen (secondary N) is 1. The Balaban J connectivity index is 3.00. The van der Waals surface area contributed by atoms with E-state index in [0.29, 0.717) is 12.8 Å². The van der Waals surface area contributed by atoms with Crippen molar-refractivity contribution in [2.45, 2.75) is 25.3 Å². The maximum atomic E-state index is 11.2. The van der Waals surface area contributed by atoms with Gasteiger partial charge in [0.2, 0.25) is 0 Å². The minimum Gasteiger partial charge on any atom is -0.480 e. The van der Waals surface area contributed by atoms with Gasteiger partial charge >= 0.3 is 5.97 Å². The van der Waals surface area contributed by atoms with Gasteiger partial charge in [-0.1, -0.05) is 0 Å². The fourth-order valence-electron chi connectivity index (χ4n) is 1.81. The average Bonchev–Trinajstić information content (AvgIpc) is 2.45. The highest BCUT2D eigenvalue weighted by Gasteiger charge is 2.24. The van der Waals surface area contributed by atoms with Crippen molar-refractivity contribution in [3.05, 3.63) is 38.4 Å². The van der Waals surface area contributed by atoms with Gasteiger partial charge in [-0.05, 0) is 25.3 Å². The zero-order chi connectivity index (χ0) is 16.7. The summed E-state index contributed by atoms with van der Waals surface area (Å²) in [7, 11) is 0. The first-order chi connectivity index (χ1) is 10.4. The molecule has 1 aromatic carbocycles. The summed E-state index contributed by atoms with van der Waals surface area (Å²) in [5, 5.41) is 41.9. The first kappa shape index (κ1) is 17.3. The van der Waals surface area contributed by atoms with Crippen molar-refractivity contribution in [1.82, 2.24) is 0 Å². The summed E-state index contributed by atoms with van der Waals surface area (Å²) < 4.78 is 0. The second-order valence-corrected chi connectivity index (χ2v) is 4.47. The molecule has 0 heterocycles. The topological polar surface area (TPSA) is 156 Å². The minimum atomic E-state index is -1.20. The van der Waals surface area contributed by atoms with E-state index in [9.17, 15) is 25.0 Å². The molecule has 0 aliphatic carbocycles. The molecule has 0 aliphatic rings. The van der Waals surface area contributed by atoms with Crippen LogP contribution in [-0.4, -0.2) is 38.7 Å². The third kappa shape index (κ3) is 4.66. The number of unbranched alkanes of at least 4 members (excludes halogenated alkanes) is 1. The summed E-state index contributed by atoms with van der Waals surface area (Å²) in [6.07, 6.45) is 0.985. The van der Waals surface area contributed by atoms with Crippen LogP contribution in [0.3, 0.4) is 0 Å². The van der Waals surface area contributed by atoms with Crippen LogP contribution in [0, 0.1) is 20.2 Å². The molecule has 1 aromatic rings. The van der Waals surface area contributed by atoms with E-state index in [1.165, 1.54) is 0 Å². The Hall–Kier alpha value is -2.75. The van der Waals surface area contributed by atoms with Crippen LogP contribution < -0.4 is 5.32 Å². The molecular formula is C12H15N3O7. The largest absolute Gasteiger partial charge is 0.480 e. The number of aliphatic hydroxyl groups is 1. The van der Waals surface area contributed by atoms with E-state index >= 15 is 0 Å². The van der Waals surface area contributed by atoms with Crippen molar-refractivity contribution in [2.75, 3.05) is 11.9 Å². The Morgan fingerprint density at radius 3 is 2.41 bits per heavy atom. The van der Waals surface area contributed by atoms with E-state index in [0.717, 1.165) is 18.2 Å². The smallest absolute Gasteiger partial charge is 0.326 e. The molecule has 0 fully saturated rings. The minimum absolute atomic E-state index is 0.0793. The number of anilines is 1. The predicted molar refractivity (Wildman–Crippen MR) is 75.7 cm³/mol. The van der Waals surface area contributed by atoms with Crippen LogP contribution in [0.25, 0.3) is 0 Å². The molecule has 0 aliphatic heterocycles. The van der Waals surface area contributed by atoms with Crippen LogP contribution in [0.4, 0.5) is 17.1 Å². The molecular weight excluding hydrogens is 298 g/mol. The normalized spacial score (nSPS) is 11.7. The number of hydrogen-bond acceptors (Lipinski definition) is 7. The second-order valence-electron chi connectivity index (χ2n) is 4.47. The lowest BCUT2D eigenvalue weighted by atomic mass is 10.1. The first-order valence-corrected chi connectivity index (χ1v) is 6.40. The number of carboxylic acid groups (broad SMARTS) is 1. The maximum Gasteiger partial charge on any atom is 0.326 e. The summed E-state index contributed by atoms with van der Waals surface area (Å²) in [6, 6.07) is 1.85. The molecule has 0 spiro atoms. The third-order valence-corrected chi connectivity index (χ3v) is 2.92. The molecule has 0 aromatic heterocycles. The average molecular weight is 313 g/mol. The summed E-state index contributed by atoms with van der Waals surface area (Å²) >= 11 is 0. The number of nitro benzene ring substituents is 2. The molecule has 0 radical (unpaired) electrons. The zero-order valence-corrected chi connectivity index (χ0v) is 11.5. The van der Waals surface area contributed by atoms with Gasteiger partial charge in [0.25, 0.3) is 11.4 Å². The van der Waals surface area contributed by atoms with Crippen LogP contribution in [0.5, 0.6) is 0 Å². The van der Waals surface area contributed by atoms with Gasteiger partial charge in [0, 0.05) is 12.7 Å². The lowest BCUT2D eigenvalue weighted by molar-refractivity contribution is -0.393. The monoisotopic (exact) mass is 313 g/mol. The molecule has 0 saturated heterocycles. The molecule has 10 heteroatoms. The van der Waals surface area contributed by atoms with Gasteiger partial charge in [0.05, 0.1) is 15.9 Å². The van der Waals surface area contributed by atoms with Gasteiger partial charge in [0.1, 0.15) is 11.7 Å². The second kappa shape index (κ2) is 7.88. The van der Waals surface area contributed by atoms with Crippen LogP contribution in [-0.2, 0) is 4.79 Å².